The van der Waals surface area contributed by atoms with Crippen LogP contribution in [-0.4, -0.2) is 41.0 Å². The molecule has 0 aromatic carbocycles. The maximum absolute atomic E-state index is 12.3. The molecule has 8 nitrogen and oxygen atoms in total. The lowest BCUT2D eigenvalue weighted by molar-refractivity contribution is -0.161. The van der Waals surface area contributed by atoms with Gasteiger partial charge in [-0.3, -0.25) is 14.1 Å². The lowest BCUT2D eigenvalue weighted by Crippen LogP contribution is -2.29. The zero-order chi connectivity index (χ0) is 35.4. The summed E-state index contributed by atoms with van der Waals surface area (Å²) in [7, 11) is -4.74. The number of ether oxygens (including phenoxy) is 2. The second kappa shape index (κ2) is 35.4. The molecule has 0 bridgehead atoms. The first kappa shape index (κ1) is 46.5. The van der Waals surface area contributed by atoms with Crippen molar-refractivity contribution in [2.24, 2.45) is 0 Å². The highest BCUT2D eigenvalue weighted by Gasteiger charge is 2.22. The van der Waals surface area contributed by atoms with E-state index >= 15 is 0 Å². The van der Waals surface area contributed by atoms with Gasteiger partial charge in [0, 0.05) is 12.8 Å². The molecule has 0 spiro atoms. The minimum Gasteiger partial charge on any atom is -0.462 e. The number of phosphoric ester groups is 1. The summed E-state index contributed by atoms with van der Waals surface area (Å²) in [5, 5.41) is 0. The highest BCUT2D eigenvalue weighted by Crippen LogP contribution is 2.36. The van der Waals surface area contributed by atoms with Crippen LogP contribution in [0.25, 0.3) is 0 Å². The van der Waals surface area contributed by atoms with E-state index in [1.54, 1.807) is 0 Å². The fourth-order valence-corrected chi connectivity index (χ4v) is 5.88. The van der Waals surface area contributed by atoms with Crippen LogP contribution in [0.2, 0.25) is 0 Å². The van der Waals surface area contributed by atoms with E-state index in [4.69, 9.17) is 19.3 Å². The summed E-state index contributed by atoms with van der Waals surface area (Å²) in [6, 6.07) is 0. The Labute approximate surface area is 294 Å². The molecule has 0 fully saturated rings. The summed E-state index contributed by atoms with van der Waals surface area (Å²) in [6.45, 7) is 3.65. The van der Waals surface area contributed by atoms with Crippen molar-refractivity contribution in [1.29, 1.82) is 0 Å². The summed E-state index contributed by atoms with van der Waals surface area (Å²) in [5.74, 6) is -0.885. The van der Waals surface area contributed by atoms with E-state index in [0.29, 0.717) is 6.42 Å². The highest BCUT2D eigenvalue weighted by atomic mass is 31.2. The van der Waals surface area contributed by atoms with Crippen molar-refractivity contribution < 1.29 is 37.9 Å². The molecule has 0 aromatic rings. The van der Waals surface area contributed by atoms with Gasteiger partial charge in [0.1, 0.15) is 6.61 Å². The van der Waals surface area contributed by atoms with Crippen LogP contribution in [0.5, 0.6) is 0 Å². The molecule has 2 N–H and O–H groups in total. The Hall–Kier alpha value is -1.47. The molecular weight excluding hydrogens is 627 g/mol. The van der Waals surface area contributed by atoms with Crippen LogP contribution in [0, 0.1) is 0 Å². The molecule has 9 heteroatoms. The second-order valence-electron chi connectivity index (χ2n) is 13.3. The van der Waals surface area contributed by atoms with E-state index in [0.717, 1.165) is 51.4 Å². The Balaban J connectivity index is 3.89. The average Bonchev–Trinajstić information content (AvgIpc) is 3.05. The van der Waals surface area contributed by atoms with Crippen LogP contribution in [-0.2, 0) is 28.2 Å². The van der Waals surface area contributed by atoms with Gasteiger partial charge in [-0.05, 0) is 44.9 Å². The second-order valence-corrected chi connectivity index (χ2v) is 14.5. The number of allylic oxidation sites excluding steroid dienone is 4. The van der Waals surface area contributed by atoms with Crippen LogP contribution in [0.15, 0.2) is 24.3 Å². The molecule has 1 atom stereocenters. The largest absolute Gasteiger partial charge is 0.469 e. The smallest absolute Gasteiger partial charge is 0.462 e. The average molecular weight is 701 g/mol. The molecule has 0 amide bonds. The van der Waals surface area contributed by atoms with Crippen LogP contribution >= 0.6 is 7.82 Å². The molecule has 0 saturated heterocycles. The molecule has 0 aromatic heterocycles. The van der Waals surface area contributed by atoms with Crippen molar-refractivity contribution in [3.8, 4) is 0 Å². The number of phosphoric acid groups is 1. The number of carbonyl (C=O) groups excluding carboxylic acids is 2. The predicted octanol–water partition coefficient (Wildman–Crippen LogP) is 11.6. The van der Waals surface area contributed by atoms with Crippen LogP contribution in [0.4, 0.5) is 0 Å². The Kier molecular flexibility index (Phi) is 34.3. The third kappa shape index (κ3) is 37.4. The Bertz CT molecular complexity index is 838. The van der Waals surface area contributed by atoms with E-state index in [9.17, 15) is 14.2 Å². The van der Waals surface area contributed by atoms with Crippen molar-refractivity contribution in [2.45, 2.75) is 200 Å². The van der Waals surface area contributed by atoms with Gasteiger partial charge in [-0.2, -0.15) is 0 Å². The zero-order valence-corrected chi connectivity index (χ0v) is 31.8. The number of rotatable bonds is 36. The van der Waals surface area contributed by atoms with Crippen molar-refractivity contribution in [3.63, 3.8) is 0 Å². The molecule has 0 saturated carbocycles. The van der Waals surface area contributed by atoms with E-state index in [2.05, 4.69) is 42.7 Å². The fraction of sp³-hybridized carbons (Fsp3) is 0.846. The standard InChI is InChI=1S/C39H73O8P/c1-3-5-7-9-11-13-15-16-17-18-19-20-21-22-24-25-27-29-31-33-38(40)45-35-37(36-46-48(42,43)44)47-39(41)34-32-30-28-26-23-14-12-10-8-6-4-2/h11,13,16-17,37H,3-10,12,14-15,18-36H2,1-2H3,(H2,42,43,44)/b13-11+,17-16+/t37-/m1/s1. The van der Waals surface area contributed by atoms with Crippen molar-refractivity contribution >= 4 is 19.8 Å². The van der Waals surface area contributed by atoms with E-state index in [1.165, 1.54) is 109 Å². The first-order chi connectivity index (χ1) is 23.3. The normalized spacial score (nSPS) is 12.7. The molecule has 0 radical (unpaired) electrons. The molecule has 282 valence electrons. The van der Waals surface area contributed by atoms with Gasteiger partial charge in [0.15, 0.2) is 6.10 Å². The number of hydrogen-bond donors (Lipinski definition) is 2. The molecular formula is C39H73O8P. The maximum Gasteiger partial charge on any atom is 0.469 e. The summed E-state index contributed by atoms with van der Waals surface area (Å²) < 4.78 is 26.3. The molecule has 0 aliphatic rings. The van der Waals surface area contributed by atoms with Gasteiger partial charge in [-0.15, -0.1) is 0 Å². The summed E-state index contributed by atoms with van der Waals surface area (Å²) >= 11 is 0. The first-order valence-corrected chi connectivity index (χ1v) is 21.2. The van der Waals surface area contributed by atoms with Gasteiger partial charge in [-0.25, -0.2) is 4.57 Å². The lowest BCUT2D eigenvalue weighted by Gasteiger charge is -2.18. The van der Waals surface area contributed by atoms with Gasteiger partial charge in [-0.1, -0.05) is 160 Å². The van der Waals surface area contributed by atoms with Gasteiger partial charge in [0.2, 0.25) is 0 Å². The topological polar surface area (TPSA) is 119 Å². The Morgan fingerprint density at radius 2 is 0.938 bits per heavy atom. The lowest BCUT2D eigenvalue weighted by atomic mass is 10.1. The molecule has 0 aliphatic heterocycles. The number of carbonyl (C=O) groups is 2. The molecule has 0 rings (SSSR count). The minimum atomic E-state index is -4.74. The maximum atomic E-state index is 12.3. The quantitative estimate of drug-likeness (QED) is 0.0287. The number of esters is 2. The van der Waals surface area contributed by atoms with Gasteiger partial charge in [0.05, 0.1) is 6.61 Å². The first-order valence-electron chi connectivity index (χ1n) is 19.6. The molecule has 0 aliphatic carbocycles. The summed E-state index contributed by atoms with van der Waals surface area (Å²) in [5.41, 5.74) is 0. The summed E-state index contributed by atoms with van der Waals surface area (Å²) in [6.07, 6.45) is 39.0. The van der Waals surface area contributed by atoms with Crippen molar-refractivity contribution in [1.82, 2.24) is 0 Å². The van der Waals surface area contributed by atoms with E-state index in [1.807, 2.05) is 0 Å². The number of hydrogen-bond acceptors (Lipinski definition) is 6. The predicted molar refractivity (Wildman–Crippen MR) is 198 cm³/mol. The van der Waals surface area contributed by atoms with E-state index < -0.39 is 32.5 Å². The van der Waals surface area contributed by atoms with E-state index in [-0.39, 0.29) is 19.4 Å². The third-order valence-electron chi connectivity index (χ3n) is 8.47. The van der Waals surface area contributed by atoms with Gasteiger partial charge >= 0.3 is 19.8 Å². The summed E-state index contributed by atoms with van der Waals surface area (Å²) in [4.78, 5) is 42.7. The SMILES string of the molecule is CCCCC/C=C/C/C=C/CCCCCCCCCCCC(=O)OC[C@H](COP(=O)(O)O)OC(=O)CCCCCCCCCCCCC. The Morgan fingerprint density at radius 1 is 0.542 bits per heavy atom. The van der Waals surface area contributed by atoms with Gasteiger partial charge in [0.25, 0.3) is 0 Å². The van der Waals surface area contributed by atoms with Crippen molar-refractivity contribution in [3.05, 3.63) is 24.3 Å². The minimum absolute atomic E-state index is 0.214. The molecule has 48 heavy (non-hydrogen) atoms. The van der Waals surface area contributed by atoms with Gasteiger partial charge < -0.3 is 19.3 Å². The van der Waals surface area contributed by atoms with Crippen LogP contribution in [0.1, 0.15) is 194 Å². The monoisotopic (exact) mass is 701 g/mol. The molecule has 0 heterocycles. The van der Waals surface area contributed by atoms with Crippen LogP contribution in [0.3, 0.4) is 0 Å². The third-order valence-corrected chi connectivity index (χ3v) is 8.96. The van der Waals surface area contributed by atoms with Crippen LogP contribution < -0.4 is 0 Å². The Morgan fingerprint density at radius 3 is 1.42 bits per heavy atom. The highest BCUT2D eigenvalue weighted by molar-refractivity contribution is 7.46. The number of unbranched alkanes of at least 4 members (excludes halogenated alkanes) is 22. The fourth-order valence-electron chi connectivity index (χ4n) is 5.52. The van der Waals surface area contributed by atoms with Crippen molar-refractivity contribution in [2.75, 3.05) is 13.2 Å². The zero-order valence-electron chi connectivity index (χ0n) is 30.9. The molecule has 0 unspecified atom stereocenters.